The Morgan fingerprint density at radius 3 is 2.66 bits per heavy atom. The van der Waals surface area contributed by atoms with Crippen LogP contribution in [0.1, 0.15) is 16.2 Å². The number of H-pyrrole nitrogens is 1. The van der Waals surface area contributed by atoms with Gasteiger partial charge in [-0.2, -0.15) is 0 Å². The van der Waals surface area contributed by atoms with Gasteiger partial charge >= 0.3 is 5.97 Å². The molecule has 10 nitrogen and oxygen atoms in total. The highest BCUT2D eigenvalue weighted by molar-refractivity contribution is 6.03. The van der Waals surface area contributed by atoms with E-state index in [9.17, 15) is 19.7 Å². The number of hydrogen-bond acceptors (Lipinski definition) is 8. The van der Waals surface area contributed by atoms with Crippen molar-refractivity contribution in [2.24, 2.45) is 0 Å². The molecule has 0 spiro atoms. The van der Waals surface area contributed by atoms with E-state index in [2.05, 4.69) is 15.2 Å². The van der Waals surface area contributed by atoms with E-state index in [0.717, 1.165) is 0 Å². The summed E-state index contributed by atoms with van der Waals surface area (Å²) in [5, 5.41) is 18.9. The van der Waals surface area contributed by atoms with Crippen LogP contribution in [0.5, 0.6) is 0 Å². The Morgan fingerprint density at radius 2 is 1.90 bits per heavy atom. The van der Waals surface area contributed by atoms with Crippen molar-refractivity contribution < 1.29 is 18.9 Å². The Hall–Kier alpha value is -4.34. The molecular formula is C19H12N4O6. The number of nitrogens with zero attached hydrogens (tertiary/aromatic N) is 3. The van der Waals surface area contributed by atoms with E-state index in [1.165, 1.54) is 30.3 Å². The van der Waals surface area contributed by atoms with Gasteiger partial charge in [0.1, 0.15) is 0 Å². The number of benzene rings is 2. The van der Waals surface area contributed by atoms with Gasteiger partial charge in [0.2, 0.25) is 11.4 Å². The summed E-state index contributed by atoms with van der Waals surface area (Å²) in [7, 11) is 0. The lowest BCUT2D eigenvalue weighted by Gasteiger charge is -2.05. The summed E-state index contributed by atoms with van der Waals surface area (Å²) in [6, 6.07) is 13.6. The fourth-order valence-electron chi connectivity index (χ4n) is 2.73. The topological polar surface area (TPSA) is 141 Å². The molecule has 2 heterocycles. The van der Waals surface area contributed by atoms with Crippen LogP contribution in [0.4, 0.5) is 5.69 Å². The third kappa shape index (κ3) is 3.72. The first-order chi connectivity index (χ1) is 14.0. The van der Waals surface area contributed by atoms with E-state index in [4.69, 9.17) is 9.15 Å². The zero-order valence-electron chi connectivity index (χ0n) is 14.7. The van der Waals surface area contributed by atoms with Crippen molar-refractivity contribution in [3.63, 3.8) is 0 Å². The van der Waals surface area contributed by atoms with Crippen molar-refractivity contribution in [3.8, 4) is 11.5 Å². The molecule has 10 heteroatoms. The molecule has 0 fully saturated rings. The van der Waals surface area contributed by atoms with Gasteiger partial charge in [-0.1, -0.05) is 18.2 Å². The summed E-state index contributed by atoms with van der Waals surface area (Å²) in [6.07, 6.45) is 0. The van der Waals surface area contributed by atoms with E-state index < -0.39 is 16.5 Å². The number of ether oxygens (including phenoxy) is 1. The summed E-state index contributed by atoms with van der Waals surface area (Å²) in [4.78, 5) is 37.0. The molecule has 0 radical (unpaired) electrons. The van der Waals surface area contributed by atoms with Crippen molar-refractivity contribution in [1.29, 1.82) is 0 Å². The Morgan fingerprint density at radius 1 is 1.14 bits per heavy atom. The van der Waals surface area contributed by atoms with Gasteiger partial charge in [0, 0.05) is 34.7 Å². The maximum atomic E-state index is 12.4. The lowest BCUT2D eigenvalue weighted by Crippen LogP contribution is -2.13. The van der Waals surface area contributed by atoms with E-state index in [-0.39, 0.29) is 29.6 Å². The molecule has 4 aromatic rings. The van der Waals surface area contributed by atoms with E-state index >= 15 is 0 Å². The molecule has 0 aliphatic rings. The van der Waals surface area contributed by atoms with Crippen molar-refractivity contribution in [2.45, 2.75) is 6.61 Å². The first kappa shape index (κ1) is 18.0. The maximum Gasteiger partial charge on any atom is 0.339 e. The Kier molecular flexibility index (Phi) is 4.57. The predicted octanol–water partition coefficient (Wildman–Crippen LogP) is 2.84. The van der Waals surface area contributed by atoms with E-state index in [0.29, 0.717) is 16.5 Å². The van der Waals surface area contributed by atoms with Gasteiger partial charge < -0.3 is 14.1 Å². The molecular weight excluding hydrogens is 380 g/mol. The van der Waals surface area contributed by atoms with Crippen LogP contribution in [0.15, 0.2) is 63.8 Å². The number of non-ortho nitro benzene ring substituents is 1. The monoisotopic (exact) mass is 392 g/mol. The van der Waals surface area contributed by atoms with Gasteiger partial charge in [-0.05, 0) is 18.2 Å². The standard InChI is InChI=1S/C19H12N4O6/c24-16-9-14(13-3-1-2-4-15(13)20-16)19(25)28-10-17-21-22-18(29-17)11-5-7-12(8-6-11)23(26)27/h1-9H,10H2,(H,20,24). The number of aromatic amines is 1. The predicted molar refractivity (Wildman–Crippen MR) is 100 cm³/mol. The number of para-hydroxylation sites is 1. The van der Waals surface area contributed by atoms with Crippen LogP contribution < -0.4 is 5.56 Å². The average Bonchev–Trinajstić information content (AvgIpc) is 3.20. The SMILES string of the molecule is O=C(OCc1nnc(-c2ccc([N+](=O)[O-])cc2)o1)c1cc(=O)[nH]c2ccccc12. The highest BCUT2D eigenvalue weighted by Gasteiger charge is 2.16. The molecule has 0 aliphatic heterocycles. The first-order valence-electron chi connectivity index (χ1n) is 8.37. The molecule has 29 heavy (non-hydrogen) atoms. The van der Waals surface area contributed by atoms with Gasteiger partial charge in [0.25, 0.3) is 11.6 Å². The molecule has 144 valence electrons. The largest absolute Gasteiger partial charge is 0.452 e. The second-order valence-electron chi connectivity index (χ2n) is 5.97. The van der Waals surface area contributed by atoms with Crippen molar-refractivity contribution in [3.05, 3.63) is 86.5 Å². The minimum absolute atomic E-state index is 0.0425. The Balaban J connectivity index is 1.50. The van der Waals surface area contributed by atoms with E-state index in [1.54, 1.807) is 24.3 Å². The van der Waals surface area contributed by atoms with Gasteiger partial charge in [0.15, 0.2) is 6.61 Å². The Bertz CT molecular complexity index is 1280. The zero-order chi connectivity index (χ0) is 20.4. The normalized spacial score (nSPS) is 10.8. The summed E-state index contributed by atoms with van der Waals surface area (Å²) in [5.74, 6) is -0.532. The number of carbonyl (C=O) groups is 1. The third-order valence-electron chi connectivity index (χ3n) is 4.09. The zero-order valence-corrected chi connectivity index (χ0v) is 14.7. The molecule has 2 aromatic carbocycles. The molecule has 0 aliphatic carbocycles. The quantitative estimate of drug-likeness (QED) is 0.310. The van der Waals surface area contributed by atoms with Gasteiger partial charge in [-0.25, -0.2) is 4.79 Å². The van der Waals surface area contributed by atoms with Crippen LogP contribution >= 0.6 is 0 Å². The molecule has 0 amide bonds. The van der Waals surface area contributed by atoms with Crippen molar-refractivity contribution in [1.82, 2.24) is 15.2 Å². The number of carbonyl (C=O) groups excluding carboxylic acids is 1. The number of hydrogen-bond donors (Lipinski definition) is 1. The number of nitro benzene ring substituents is 1. The van der Waals surface area contributed by atoms with Crippen LogP contribution in [0, 0.1) is 10.1 Å². The first-order valence-corrected chi connectivity index (χ1v) is 8.37. The number of aromatic nitrogens is 3. The lowest BCUT2D eigenvalue weighted by atomic mass is 10.1. The molecule has 2 aromatic heterocycles. The number of pyridine rings is 1. The summed E-state index contributed by atoms with van der Waals surface area (Å²) in [5.41, 5.74) is 0.646. The third-order valence-corrected chi connectivity index (χ3v) is 4.09. The second kappa shape index (κ2) is 7.35. The van der Waals surface area contributed by atoms with Crippen LogP contribution in [0.25, 0.3) is 22.4 Å². The smallest absolute Gasteiger partial charge is 0.339 e. The number of rotatable bonds is 5. The fourth-order valence-corrected chi connectivity index (χ4v) is 2.73. The summed E-state index contributed by atoms with van der Waals surface area (Å²) in [6.45, 7) is -0.292. The molecule has 4 rings (SSSR count). The summed E-state index contributed by atoms with van der Waals surface area (Å²) < 4.78 is 10.6. The molecule has 0 atom stereocenters. The second-order valence-corrected chi connectivity index (χ2v) is 5.97. The molecule has 0 unspecified atom stereocenters. The maximum absolute atomic E-state index is 12.4. The lowest BCUT2D eigenvalue weighted by molar-refractivity contribution is -0.384. The number of fused-ring (bicyclic) bond motifs is 1. The molecule has 0 saturated carbocycles. The average molecular weight is 392 g/mol. The molecule has 0 bridgehead atoms. The molecule has 0 saturated heterocycles. The highest BCUT2D eigenvalue weighted by Crippen LogP contribution is 2.22. The fraction of sp³-hybridized carbons (Fsp3) is 0.0526. The minimum Gasteiger partial charge on any atom is -0.452 e. The van der Waals surface area contributed by atoms with E-state index in [1.807, 2.05) is 0 Å². The van der Waals surface area contributed by atoms with Gasteiger partial charge in [-0.3, -0.25) is 14.9 Å². The Labute approximate surface area is 161 Å². The van der Waals surface area contributed by atoms with Crippen molar-refractivity contribution >= 4 is 22.6 Å². The molecule has 1 N–H and O–H groups in total. The van der Waals surface area contributed by atoms with Crippen LogP contribution in [-0.2, 0) is 11.3 Å². The number of esters is 1. The highest BCUT2D eigenvalue weighted by atomic mass is 16.6. The number of nitrogens with one attached hydrogen (secondary N) is 1. The van der Waals surface area contributed by atoms with Crippen LogP contribution in [0.3, 0.4) is 0 Å². The van der Waals surface area contributed by atoms with Crippen molar-refractivity contribution in [2.75, 3.05) is 0 Å². The van der Waals surface area contributed by atoms with Crippen LogP contribution in [-0.4, -0.2) is 26.1 Å². The number of nitro groups is 1. The van der Waals surface area contributed by atoms with Gasteiger partial charge in [-0.15, -0.1) is 10.2 Å². The van der Waals surface area contributed by atoms with Crippen LogP contribution in [0.2, 0.25) is 0 Å². The van der Waals surface area contributed by atoms with Gasteiger partial charge in [0.05, 0.1) is 10.5 Å². The summed E-state index contributed by atoms with van der Waals surface area (Å²) >= 11 is 0. The minimum atomic E-state index is -0.706.